The van der Waals surface area contributed by atoms with E-state index in [2.05, 4.69) is 21.6 Å². The predicted octanol–water partition coefficient (Wildman–Crippen LogP) is 2.33. The Labute approximate surface area is 178 Å². The van der Waals surface area contributed by atoms with E-state index in [0.717, 1.165) is 0 Å². The number of nitrogens with zero attached hydrogens (tertiary/aromatic N) is 6. The number of para-hydroxylation sites is 2. The van der Waals surface area contributed by atoms with Gasteiger partial charge in [-0.15, -0.1) is 0 Å². The van der Waals surface area contributed by atoms with E-state index in [9.17, 15) is 4.79 Å². The Bertz CT molecular complexity index is 1220. The van der Waals surface area contributed by atoms with Crippen molar-refractivity contribution < 1.29 is 4.79 Å². The Hall–Kier alpha value is -4.10. The second-order valence-corrected chi connectivity index (χ2v) is 7.14. The Kier molecular flexibility index (Phi) is 5.68. The summed E-state index contributed by atoms with van der Waals surface area (Å²) in [5.41, 5.74) is 9.80. The molecule has 2 aromatic carbocycles. The van der Waals surface area contributed by atoms with Gasteiger partial charge in [0, 0.05) is 37.4 Å². The number of carbonyl (C=O) groups excluding carboxylic acids is 1. The topological polar surface area (TPSA) is 137 Å². The molecular weight excluding hydrogens is 394 g/mol. The van der Waals surface area contributed by atoms with E-state index < -0.39 is 0 Å². The highest BCUT2D eigenvalue weighted by Crippen LogP contribution is 2.18. The number of nitrogens with one attached hydrogen (secondary N) is 3. The van der Waals surface area contributed by atoms with Gasteiger partial charge in [-0.3, -0.25) is 15.1 Å². The van der Waals surface area contributed by atoms with E-state index in [0.29, 0.717) is 55.0 Å². The van der Waals surface area contributed by atoms with Crippen LogP contribution >= 0.6 is 0 Å². The molecule has 10 heteroatoms. The smallest absolute Gasteiger partial charge is 0.253 e. The fourth-order valence-corrected chi connectivity index (χ4v) is 3.55. The fourth-order valence-electron chi connectivity index (χ4n) is 3.55. The van der Waals surface area contributed by atoms with E-state index in [1.165, 1.54) is 4.68 Å². The van der Waals surface area contributed by atoms with Crippen molar-refractivity contribution in [3.63, 3.8) is 0 Å². The summed E-state index contributed by atoms with van der Waals surface area (Å²) >= 11 is 0. The third-order valence-electron chi connectivity index (χ3n) is 5.23. The Morgan fingerprint density at radius 3 is 2.52 bits per heavy atom. The number of nitriles is 1. The first-order valence-electron chi connectivity index (χ1n) is 9.80. The molecule has 0 spiro atoms. The molecule has 3 N–H and O–H groups in total. The average molecular weight is 415 g/mol. The first kappa shape index (κ1) is 20.2. The van der Waals surface area contributed by atoms with Gasteiger partial charge in [-0.05, 0) is 36.4 Å². The quantitative estimate of drug-likeness (QED) is 0.434. The molecule has 0 unspecified atom stereocenters. The normalized spacial score (nSPS) is 14.2. The minimum Gasteiger partial charge on any atom is -0.337 e. The van der Waals surface area contributed by atoms with E-state index in [-0.39, 0.29) is 17.2 Å². The van der Waals surface area contributed by atoms with Crippen LogP contribution < -0.4 is 10.8 Å². The number of hydrogen-bond acceptors (Lipinski definition) is 8. The molecule has 1 amide bonds. The van der Waals surface area contributed by atoms with Gasteiger partial charge in [-0.25, -0.2) is 4.98 Å². The molecule has 1 aliphatic heterocycles. The lowest BCUT2D eigenvalue weighted by molar-refractivity contribution is 0.0652. The SMILES string of the molecule is N#CCN1CCN(C(=O)c2ccc(Nc3nc4ccccc4n(N=N)c3=N)cc2)CC1. The number of piperazine rings is 1. The number of anilines is 2. The highest BCUT2D eigenvalue weighted by atomic mass is 16.2. The largest absolute Gasteiger partial charge is 0.337 e. The van der Waals surface area contributed by atoms with Crippen LogP contribution in [0, 0.1) is 22.3 Å². The van der Waals surface area contributed by atoms with E-state index in [1.807, 2.05) is 11.0 Å². The summed E-state index contributed by atoms with van der Waals surface area (Å²) < 4.78 is 1.20. The number of amides is 1. The van der Waals surface area contributed by atoms with Gasteiger partial charge in [0.2, 0.25) is 0 Å². The first-order valence-corrected chi connectivity index (χ1v) is 9.80. The molecule has 1 aliphatic rings. The van der Waals surface area contributed by atoms with Crippen molar-refractivity contribution in [1.82, 2.24) is 19.5 Å². The predicted molar refractivity (Wildman–Crippen MR) is 114 cm³/mol. The molecule has 1 saturated heterocycles. The summed E-state index contributed by atoms with van der Waals surface area (Å²) in [6, 6.07) is 16.3. The summed E-state index contributed by atoms with van der Waals surface area (Å²) in [6.45, 7) is 2.97. The molecule has 3 aromatic rings. The van der Waals surface area contributed by atoms with Gasteiger partial charge in [0.1, 0.15) is 0 Å². The summed E-state index contributed by atoms with van der Waals surface area (Å²) in [7, 11) is 0. The van der Waals surface area contributed by atoms with Crippen molar-refractivity contribution in [2.45, 2.75) is 0 Å². The third-order valence-corrected chi connectivity index (χ3v) is 5.23. The van der Waals surface area contributed by atoms with Crippen LogP contribution in [0.1, 0.15) is 10.4 Å². The van der Waals surface area contributed by atoms with Crippen molar-refractivity contribution in [2.24, 2.45) is 5.22 Å². The third kappa shape index (κ3) is 4.12. The minimum atomic E-state index is -0.0426. The Balaban J connectivity index is 1.50. The molecule has 4 rings (SSSR count). The van der Waals surface area contributed by atoms with Crippen LogP contribution in [0.25, 0.3) is 11.0 Å². The van der Waals surface area contributed by atoms with Crippen molar-refractivity contribution in [1.29, 1.82) is 16.2 Å². The molecular formula is C21H21N9O. The van der Waals surface area contributed by atoms with Crippen LogP contribution in [-0.4, -0.2) is 58.1 Å². The zero-order chi connectivity index (χ0) is 21.8. The summed E-state index contributed by atoms with van der Waals surface area (Å²) in [4.78, 5) is 21.0. The van der Waals surface area contributed by atoms with Crippen LogP contribution in [0.15, 0.2) is 53.8 Å². The van der Waals surface area contributed by atoms with Gasteiger partial charge in [0.15, 0.2) is 11.3 Å². The van der Waals surface area contributed by atoms with E-state index in [1.54, 1.807) is 47.4 Å². The van der Waals surface area contributed by atoms with Crippen molar-refractivity contribution in [3.05, 3.63) is 59.6 Å². The van der Waals surface area contributed by atoms with Gasteiger partial charge in [0.25, 0.3) is 5.91 Å². The lowest BCUT2D eigenvalue weighted by atomic mass is 10.1. The number of benzene rings is 2. The first-order chi connectivity index (χ1) is 15.1. The minimum absolute atomic E-state index is 0.0379. The van der Waals surface area contributed by atoms with Crippen LogP contribution in [0.3, 0.4) is 0 Å². The van der Waals surface area contributed by atoms with Crippen LogP contribution in [0.4, 0.5) is 11.5 Å². The average Bonchev–Trinajstić information content (AvgIpc) is 2.80. The van der Waals surface area contributed by atoms with Gasteiger partial charge < -0.3 is 10.2 Å². The van der Waals surface area contributed by atoms with Crippen LogP contribution in [-0.2, 0) is 0 Å². The molecule has 31 heavy (non-hydrogen) atoms. The van der Waals surface area contributed by atoms with Gasteiger partial charge in [0.05, 0.1) is 23.6 Å². The van der Waals surface area contributed by atoms with Crippen LogP contribution in [0.2, 0.25) is 0 Å². The Morgan fingerprint density at radius 1 is 1.13 bits per heavy atom. The molecule has 2 heterocycles. The van der Waals surface area contributed by atoms with Gasteiger partial charge in [-0.2, -0.15) is 15.5 Å². The van der Waals surface area contributed by atoms with Gasteiger partial charge >= 0.3 is 0 Å². The lowest BCUT2D eigenvalue weighted by Crippen LogP contribution is -2.48. The second kappa shape index (κ2) is 8.73. The monoisotopic (exact) mass is 415 g/mol. The highest BCUT2D eigenvalue weighted by molar-refractivity contribution is 5.94. The summed E-state index contributed by atoms with van der Waals surface area (Å²) in [6.07, 6.45) is 0. The number of hydrogen-bond donors (Lipinski definition) is 3. The molecule has 0 bridgehead atoms. The number of carbonyl (C=O) groups is 1. The van der Waals surface area contributed by atoms with Crippen molar-refractivity contribution in [3.8, 4) is 6.07 Å². The maximum atomic E-state index is 12.8. The van der Waals surface area contributed by atoms with Gasteiger partial charge in [-0.1, -0.05) is 17.4 Å². The van der Waals surface area contributed by atoms with Crippen LogP contribution in [0.5, 0.6) is 0 Å². The summed E-state index contributed by atoms with van der Waals surface area (Å²) in [5.74, 6) is 0.224. The molecule has 1 aromatic heterocycles. The Morgan fingerprint density at radius 2 is 1.84 bits per heavy atom. The molecule has 0 radical (unpaired) electrons. The molecule has 1 fully saturated rings. The lowest BCUT2D eigenvalue weighted by Gasteiger charge is -2.33. The maximum absolute atomic E-state index is 12.8. The molecule has 0 atom stereocenters. The fraction of sp³-hybridized carbons (Fsp3) is 0.238. The number of aromatic nitrogens is 2. The number of rotatable bonds is 5. The maximum Gasteiger partial charge on any atom is 0.253 e. The highest BCUT2D eigenvalue weighted by Gasteiger charge is 2.21. The molecule has 0 aliphatic carbocycles. The molecule has 156 valence electrons. The van der Waals surface area contributed by atoms with Crippen molar-refractivity contribution in [2.75, 3.05) is 38.0 Å². The zero-order valence-corrected chi connectivity index (χ0v) is 16.7. The van der Waals surface area contributed by atoms with Crippen molar-refractivity contribution >= 4 is 28.4 Å². The molecule has 0 saturated carbocycles. The number of fused-ring (bicyclic) bond motifs is 1. The van der Waals surface area contributed by atoms with E-state index >= 15 is 0 Å². The van der Waals surface area contributed by atoms with E-state index in [4.69, 9.17) is 16.2 Å². The second-order valence-electron chi connectivity index (χ2n) is 7.14. The molecule has 10 nitrogen and oxygen atoms in total. The summed E-state index contributed by atoms with van der Waals surface area (Å²) in [5, 5.41) is 23.6. The standard InChI is InChI=1S/C21H21N9O/c22-9-10-28-11-13-29(14-12-28)21(31)15-5-7-16(8-6-15)25-20-19(23)30(27-24)18-4-2-1-3-17(18)26-20/h1-8,23-24H,10-14H2,(H,25,26). The zero-order valence-electron chi connectivity index (χ0n) is 16.7.